The number of rotatable bonds is 12. The van der Waals surface area contributed by atoms with Gasteiger partial charge in [-0.15, -0.1) is 0 Å². The van der Waals surface area contributed by atoms with Crippen LogP contribution >= 0.6 is 10.7 Å². The third-order valence-corrected chi connectivity index (χ3v) is 10.5. The van der Waals surface area contributed by atoms with E-state index in [0.717, 1.165) is 63.9 Å². The van der Waals surface area contributed by atoms with Crippen molar-refractivity contribution in [3.05, 3.63) is 46.8 Å². The summed E-state index contributed by atoms with van der Waals surface area (Å²) in [4.78, 5) is 0. The van der Waals surface area contributed by atoms with Crippen molar-refractivity contribution >= 4 is 51.8 Å². The van der Waals surface area contributed by atoms with Gasteiger partial charge in [-0.3, -0.25) is 4.18 Å². The molecule has 2 aromatic heterocycles. The molecular formula is C38H49ClF6N2O10S2. The van der Waals surface area contributed by atoms with Gasteiger partial charge in [0.05, 0.1) is 29.9 Å². The highest BCUT2D eigenvalue weighted by atomic mass is 35.7. The van der Waals surface area contributed by atoms with Gasteiger partial charge in [-0.25, -0.2) is 8.42 Å². The number of nitrogens with zero attached hydrogens (tertiary/aromatic N) is 2. The Bertz CT molecular complexity index is 2200. The van der Waals surface area contributed by atoms with E-state index in [9.17, 15) is 48.3 Å². The molecule has 1 N–H and O–H groups in total. The molecule has 2 saturated carbocycles. The van der Waals surface area contributed by atoms with Gasteiger partial charge < -0.3 is 23.6 Å². The molecule has 2 aliphatic rings. The normalized spacial score (nSPS) is 20.4. The van der Waals surface area contributed by atoms with Crippen molar-refractivity contribution in [3.63, 3.8) is 0 Å². The molecule has 4 atom stereocenters. The average Bonchev–Trinajstić information content (AvgIpc) is 3.79. The van der Waals surface area contributed by atoms with E-state index in [0.29, 0.717) is 48.3 Å². The molecular weight excluding hydrogens is 858 g/mol. The van der Waals surface area contributed by atoms with Gasteiger partial charge in [-0.1, -0.05) is 49.8 Å². The Kier molecular flexibility index (Phi) is 16.8. The number of aliphatic hydroxyl groups excluding tert-OH is 1. The first-order chi connectivity index (χ1) is 27.6. The molecule has 2 fully saturated rings. The second-order valence-corrected chi connectivity index (χ2v) is 19.3. The van der Waals surface area contributed by atoms with E-state index in [4.69, 9.17) is 22.7 Å². The predicted octanol–water partition coefficient (Wildman–Crippen LogP) is 9.63. The Morgan fingerprint density at radius 2 is 1.10 bits per heavy atom. The van der Waals surface area contributed by atoms with E-state index in [1.165, 1.54) is 18.2 Å². The van der Waals surface area contributed by atoms with E-state index in [1.54, 1.807) is 6.07 Å². The highest BCUT2D eigenvalue weighted by molar-refractivity contribution is 8.13. The van der Waals surface area contributed by atoms with E-state index in [2.05, 4.69) is 21.0 Å². The summed E-state index contributed by atoms with van der Waals surface area (Å²) in [5, 5.41) is 15.9. The van der Waals surface area contributed by atoms with Crippen LogP contribution in [0.1, 0.15) is 101 Å². The number of benzene rings is 2. The summed E-state index contributed by atoms with van der Waals surface area (Å²) in [6, 6.07) is 5.76. The van der Waals surface area contributed by atoms with Gasteiger partial charge in [0.2, 0.25) is 9.05 Å². The van der Waals surface area contributed by atoms with Gasteiger partial charge in [0.25, 0.3) is 10.1 Å². The highest BCUT2D eigenvalue weighted by Crippen LogP contribution is 2.41. The maximum absolute atomic E-state index is 13.2. The molecule has 2 aliphatic carbocycles. The van der Waals surface area contributed by atoms with Crippen LogP contribution in [0.25, 0.3) is 21.9 Å². The summed E-state index contributed by atoms with van der Waals surface area (Å²) in [5.41, 5.74) is -0.670. The van der Waals surface area contributed by atoms with Gasteiger partial charge in [-0.2, -0.15) is 34.8 Å². The summed E-state index contributed by atoms with van der Waals surface area (Å²) in [6.45, 7) is 3.93. The number of halogens is 7. The molecule has 2 heterocycles. The molecule has 12 nitrogen and oxygen atoms in total. The van der Waals surface area contributed by atoms with E-state index in [-0.39, 0.29) is 59.2 Å². The van der Waals surface area contributed by atoms with Crippen LogP contribution in [0.5, 0.6) is 11.5 Å². The molecule has 2 unspecified atom stereocenters. The Labute approximate surface area is 343 Å². The number of hydrogen-bond donors (Lipinski definition) is 1. The lowest BCUT2D eigenvalue weighted by Gasteiger charge is -2.32. The number of ether oxygens (including phenoxy) is 2. The molecule has 0 spiro atoms. The molecule has 59 heavy (non-hydrogen) atoms. The minimum absolute atomic E-state index is 0.0232. The quantitative estimate of drug-likeness (QED) is 0.0813. The van der Waals surface area contributed by atoms with Crippen molar-refractivity contribution in [2.24, 2.45) is 11.8 Å². The second kappa shape index (κ2) is 20.5. The molecule has 4 aromatic rings. The second-order valence-electron chi connectivity index (χ2n) is 14.7. The van der Waals surface area contributed by atoms with Gasteiger partial charge in [-0.05, 0) is 75.6 Å². The maximum Gasteiger partial charge on any atom is 0.437 e. The largest absolute Gasteiger partial charge is 0.490 e. The van der Waals surface area contributed by atoms with Crippen LogP contribution in [0.4, 0.5) is 26.3 Å². The first kappa shape index (κ1) is 48.3. The van der Waals surface area contributed by atoms with Crippen molar-refractivity contribution in [1.29, 1.82) is 0 Å². The lowest BCUT2D eigenvalue weighted by Crippen LogP contribution is -2.34. The monoisotopic (exact) mass is 906 g/mol. The Hall–Kier alpha value is -3.33. The topological polar surface area (TPSA) is 168 Å². The van der Waals surface area contributed by atoms with Gasteiger partial charge in [0.15, 0.2) is 22.6 Å². The first-order valence-electron chi connectivity index (χ1n) is 19.2. The van der Waals surface area contributed by atoms with E-state index in [1.807, 2.05) is 13.8 Å². The zero-order chi connectivity index (χ0) is 43.8. The molecule has 2 aromatic carbocycles. The van der Waals surface area contributed by atoms with E-state index < -0.39 is 42.9 Å². The third-order valence-electron chi connectivity index (χ3n) is 9.90. The SMILES string of the molecule is CCCc1c(OC2CCCC[C@H]2CO)ccc2c(C(F)(F)F)noc12.CCCc1c(OC2CCCC[C@H]2COS(C)(=O)=O)ccc2c(C(F)(F)F)noc12.CS(=O)(=O)Cl. The molecule has 0 radical (unpaired) electrons. The van der Waals surface area contributed by atoms with Crippen LogP contribution in [0, 0.1) is 11.8 Å². The minimum atomic E-state index is -4.60. The standard InChI is InChI=1S/C19H24F3NO5S.C18H22F3NO3.CH3ClO2S/c1-3-6-13-16(10-9-14-17(13)28-23-18(14)19(20,21)22)27-15-8-5-4-7-12(15)11-26-29(2,24)25;1-2-5-12-15(24-14-7-4-3-6-11(14)10-23)9-8-13-16(12)25-22-17(13)18(19,20)21;1-5(2,3)4/h9-10,12,15H,3-8,11H2,1-2H3;8-9,11,14,23H,2-7,10H2,1H3;1H3/t12-,15?;11-,14?;/m00./s1. The van der Waals surface area contributed by atoms with Crippen molar-refractivity contribution in [3.8, 4) is 11.5 Å². The Balaban J connectivity index is 0.000000236. The lowest BCUT2D eigenvalue weighted by molar-refractivity contribution is -0.142. The number of alkyl halides is 6. The van der Waals surface area contributed by atoms with Crippen molar-refractivity contribution < 1.29 is 71.0 Å². The summed E-state index contributed by atoms with van der Waals surface area (Å²) >= 11 is 0. The van der Waals surface area contributed by atoms with Crippen LogP contribution in [0.2, 0.25) is 0 Å². The van der Waals surface area contributed by atoms with Crippen molar-refractivity contribution in [1.82, 2.24) is 10.3 Å². The summed E-state index contributed by atoms with van der Waals surface area (Å²) in [6.07, 6.45) is 1.93. The van der Waals surface area contributed by atoms with Crippen molar-refractivity contribution in [2.45, 2.75) is 115 Å². The fraction of sp³-hybridized carbons (Fsp3) is 0.632. The Morgan fingerprint density at radius 3 is 1.47 bits per heavy atom. The zero-order valence-corrected chi connectivity index (χ0v) is 35.4. The average molecular weight is 907 g/mol. The molecule has 6 rings (SSSR count). The molecule has 0 saturated heterocycles. The van der Waals surface area contributed by atoms with Crippen LogP contribution in [0.15, 0.2) is 33.3 Å². The summed E-state index contributed by atoms with van der Waals surface area (Å²) < 4.78 is 147. The van der Waals surface area contributed by atoms with Crippen LogP contribution in [0.3, 0.4) is 0 Å². The number of fused-ring (bicyclic) bond motifs is 2. The van der Waals surface area contributed by atoms with Crippen molar-refractivity contribution in [2.75, 3.05) is 25.7 Å². The van der Waals surface area contributed by atoms with Crippen LogP contribution in [-0.4, -0.2) is 70.2 Å². The number of hydrogen-bond acceptors (Lipinski definition) is 12. The first-order valence-corrected chi connectivity index (χ1v) is 23.7. The number of aromatic nitrogens is 2. The fourth-order valence-corrected chi connectivity index (χ4v) is 7.70. The van der Waals surface area contributed by atoms with E-state index >= 15 is 0 Å². The predicted molar refractivity (Wildman–Crippen MR) is 207 cm³/mol. The van der Waals surface area contributed by atoms with Crippen LogP contribution < -0.4 is 9.47 Å². The summed E-state index contributed by atoms with van der Waals surface area (Å²) in [5.74, 6) is 0.911. The maximum atomic E-state index is 13.2. The van der Waals surface area contributed by atoms with Gasteiger partial charge in [0, 0.05) is 40.3 Å². The molecule has 21 heteroatoms. The molecule has 0 bridgehead atoms. The molecule has 0 amide bonds. The van der Waals surface area contributed by atoms with Gasteiger partial charge in [0.1, 0.15) is 23.7 Å². The fourth-order valence-electron chi connectivity index (χ4n) is 7.28. The van der Waals surface area contributed by atoms with Gasteiger partial charge >= 0.3 is 12.4 Å². The van der Waals surface area contributed by atoms with Crippen LogP contribution in [-0.2, 0) is 48.5 Å². The highest BCUT2D eigenvalue weighted by Gasteiger charge is 2.39. The molecule has 332 valence electrons. The third kappa shape index (κ3) is 13.8. The Morgan fingerprint density at radius 1 is 0.712 bits per heavy atom. The number of aliphatic hydroxyl groups is 1. The smallest absolute Gasteiger partial charge is 0.437 e. The zero-order valence-electron chi connectivity index (χ0n) is 33.0. The lowest BCUT2D eigenvalue weighted by atomic mass is 9.87. The number of aryl methyl sites for hydroxylation is 2. The minimum Gasteiger partial charge on any atom is -0.490 e. The molecule has 0 aliphatic heterocycles. The summed E-state index contributed by atoms with van der Waals surface area (Å²) in [7, 11) is -2.25.